The summed E-state index contributed by atoms with van der Waals surface area (Å²) < 4.78 is 4.97. The molecule has 1 aromatic heterocycles. The molecule has 0 amide bonds. The number of esters is 1. The Labute approximate surface area is 189 Å². The SMILES string of the molecule is CSCCC(N)CSSCCCc1ccsc1C(=O)C(C)C(=O)OC(CO)CO. The number of aliphatic hydroxyl groups is 2. The first-order valence-corrected chi connectivity index (χ1v) is 14.2. The van der Waals surface area contributed by atoms with Crippen LogP contribution in [0, 0.1) is 5.92 Å². The summed E-state index contributed by atoms with van der Waals surface area (Å²) in [6, 6.07) is 2.16. The Kier molecular flexibility index (Phi) is 14.4. The molecule has 0 saturated heterocycles. The van der Waals surface area contributed by atoms with Gasteiger partial charge < -0.3 is 20.7 Å². The number of aryl methyl sites for hydroxylation is 1. The van der Waals surface area contributed by atoms with Crippen LogP contribution in [0.15, 0.2) is 11.4 Å². The highest BCUT2D eigenvalue weighted by molar-refractivity contribution is 8.76. The topological polar surface area (TPSA) is 110 Å². The van der Waals surface area contributed by atoms with E-state index in [2.05, 4.69) is 6.26 Å². The Hall–Kier alpha value is -0.230. The molecule has 0 radical (unpaired) electrons. The molecule has 10 heteroatoms. The van der Waals surface area contributed by atoms with Gasteiger partial charge in [-0.15, -0.1) is 11.3 Å². The van der Waals surface area contributed by atoms with E-state index in [0.717, 1.165) is 42.1 Å². The smallest absolute Gasteiger partial charge is 0.317 e. The molecule has 0 aliphatic rings. The minimum Gasteiger partial charge on any atom is -0.457 e. The molecule has 0 saturated carbocycles. The summed E-state index contributed by atoms with van der Waals surface area (Å²) >= 11 is 3.14. The molecule has 0 spiro atoms. The number of thioether (sulfide) groups is 1. The second-order valence-electron chi connectivity index (χ2n) is 6.54. The largest absolute Gasteiger partial charge is 0.457 e. The summed E-state index contributed by atoms with van der Waals surface area (Å²) in [6.45, 7) is 0.532. The molecule has 1 heterocycles. The number of ether oxygens (including phenoxy) is 1. The van der Waals surface area contributed by atoms with Gasteiger partial charge in [-0.05, 0) is 55.2 Å². The highest BCUT2D eigenvalue weighted by Crippen LogP contribution is 2.26. The van der Waals surface area contributed by atoms with Gasteiger partial charge >= 0.3 is 5.97 Å². The van der Waals surface area contributed by atoms with Gasteiger partial charge in [0.15, 0.2) is 5.78 Å². The van der Waals surface area contributed by atoms with Gasteiger partial charge in [-0.25, -0.2) is 0 Å². The first-order chi connectivity index (χ1) is 13.9. The average Bonchev–Trinajstić information content (AvgIpc) is 3.19. The lowest BCUT2D eigenvalue weighted by molar-refractivity contribution is -0.156. The van der Waals surface area contributed by atoms with Crippen molar-refractivity contribution in [1.82, 2.24) is 0 Å². The molecule has 0 aliphatic heterocycles. The third-order valence-corrected chi connectivity index (χ3v) is 8.35. The van der Waals surface area contributed by atoms with E-state index in [4.69, 9.17) is 20.7 Å². The number of Topliss-reactive ketones (excluding diaryl/α,β-unsaturated/α-hetero) is 1. The van der Waals surface area contributed by atoms with Crippen LogP contribution in [0.2, 0.25) is 0 Å². The zero-order valence-electron chi connectivity index (χ0n) is 16.9. The number of carbonyl (C=O) groups excluding carboxylic acids is 2. The molecule has 1 aromatic rings. The number of ketones is 1. The van der Waals surface area contributed by atoms with E-state index in [9.17, 15) is 9.59 Å². The van der Waals surface area contributed by atoms with E-state index >= 15 is 0 Å². The minimum absolute atomic E-state index is 0.235. The van der Waals surface area contributed by atoms with Crippen molar-refractivity contribution in [3.8, 4) is 0 Å². The van der Waals surface area contributed by atoms with Crippen LogP contribution in [0.5, 0.6) is 0 Å². The van der Waals surface area contributed by atoms with E-state index in [0.29, 0.717) is 4.88 Å². The van der Waals surface area contributed by atoms with Crippen LogP contribution in [0.4, 0.5) is 0 Å². The van der Waals surface area contributed by atoms with Gasteiger partial charge in [-0.1, -0.05) is 21.6 Å². The molecule has 166 valence electrons. The normalized spacial score (nSPS) is 13.4. The lowest BCUT2D eigenvalue weighted by Crippen LogP contribution is -2.31. The van der Waals surface area contributed by atoms with Crippen molar-refractivity contribution >= 4 is 56.4 Å². The molecule has 0 bridgehead atoms. The zero-order valence-corrected chi connectivity index (χ0v) is 20.1. The van der Waals surface area contributed by atoms with Crippen molar-refractivity contribution in [3.63, 3.8) is 0 Å². The van der Waals surface area contributed by atoms with Gasteiger partial charge in [0.05, 0.1) is 18.1 Å². The van der Waals surface area contributed by atoms with Crippen LogP contribution in [0.1, 0.15) is 35.0 Å². The molecule has 29 heavy (non-hydrogen) atoms. The van der Waals surface area contributed by atoms with E-state index in [-0.39, 0.29) is 11.8 Å². The highest BCUT2D eigenvalue weighted by Gasteiger charge is 2.28. The van der Waals surface area contributed by atoms with Crippen molar-refractivity contribution in [2.24, 2.45) is 11.7 Å². The van der Waals surface area contributed by atoms with Crippen LogP contribution < -0.4 is 5.73 Å². The Morgan fingerprint density at radius 3 is 2.62 bits per heavy atom. The molecule has 6 nitrogen and oxygen atoms in total. The summed E-state index contributed by atoms with van der Waals surface area (Å²) in [4.78, 5) is 25.4. The number of nitrogens with two attached hydrogens (primary N) is 1. The third-order valence-electron chi connectivity index (χ3n) is 4.14. The summed E-state index contributed by atoms with van der Waals surface area (Å²) in [7, 11) is 3.60. The number of carbonyl (C=O) groups is 2. The zero-order chi connectivity index (χ0) is 21.6. The van der Waals surface area contributed by atoms with E-state index in [1.165, 1.54) is 18.3 Å². The van der Waals surface area contributed by atoms with Crippen molar-refractivity contribution in [3.05, 3.63) is 21.9 Å². The molecule has 1 rings (SSSR count). The molecule has 0 aromatic carbocycles. The summed E-state index contributed by atoms with van der Waals surface area (Å²) in [5, 5.41) is 19.9. The Morgan fingerprint density at radius 1 is 1.24 bits per heavy atom. The van der Waals surface area contributed by atoms with Crippen LogP contribution in [0.3, 0.4) is 0 Å². The molecular formula is C19H31NO5S4. The first-order valence-electron chi connectivity index (χ1n) is 9.46. The van der Waals surface area contributed by atoms with Crippen LogP contribution in [-0.2, 0) is 16.0 Å². The van der Waals surface area contributed by atoms with Crippen molar-refractivity contribution in [2.45, 2.75) is 38.3 Å². The molecule has 4 N–H and O–H groups in total. The van der Waals surface area contributed by atoms with E-state index in [1.807, 2.05) is 23.2 Å². The average molecular weight is 482 g/mol. The fourth-order valence-corrected chi connectivity index (χ4v) is 6.18. The number of thiophene rings is 1. The van der Waals surface area contributed by atoms with Crippen molar-refractivity contribution < 1.29 is 24.5 Å². The number of hydrogen-bond acceptors (Lipinski definition) is 10. The van der Waals surface area contributed by atoms with Crippen LogP contribution in [-0.4, -0.2) is 70.8 Å². The van der Waals surface area contributed by atoms with Gasteiger partial charge in [-0.2, -0.15) is 11.8 Å². The molecule has 2 atom stereocenters. The second-order valence-corrected chi connectivity index (χ2v) is 11.1. The maximum Gasteiger partial charge on any atom is 0.317 e. The lowest BCUT2D eigenvalue weighted by atomic mass is 10.0. The molecule has 2 unspecified atom stereocenters. The summed E-state index contributed by atoms with van der Waals surface area (Å²) in [6.07, 6.45) is 3.83. The van der Waals surface area contributed by atoms with Gasteiger partial charge in [0.2, 0.25) is 0 Å². The van der Waals surface area contributed by atoms with Gasteiger partial charge in [0, 0.05) is 17.5 Å². The monoisotopic (exact) mass is 481 g/mol. The molecular weight excluding hydrogens is 450 g/mol. The van der Waals surface area contributed by atoms with Crippen LogP contribution in [0.25, 0.3) is 0 Å². The number of aliphatic hydroxyl groups excluding tert-OH is 2. The predicted molar refractivity (Wildman–Crippen MR) is 126 cm³/mol. The number of rotatable bonds is 16. The second kappa shape index (κ2) is 15.6. The Balaban J connectivity index is 2.41. The fourth-order valence-electron chi connectivity index (χ4n) is 2.32. The summed E-state index contributed by atoms with van der Waals surface area (Å²) in [5.74, 6) is 1.02. The highest BCUT2D eigenvalue weighted by atomic mass is 33.1. The minimum atomic E-state index is -0.996. The van der Waals surface area contributed by atoms with Gasteiger partial charge in [0.1, 0.15) is 12.0 Å². The fraction of sp³-hybridized carbons (Fsp3) is 0.684. The predicted octanol–water partition coefficient (Wildman–Crippen LogP) is 2.86. The van der Waals surface area contributed by atoms with E-state index < -0.39 is 31.2 Å². The van der Waals surface area contributed by atoms with Crippen LogP contribution >= 0.6 is 44.7 Å². The number of hydrogen-bond donors (Lipinski definition) is 3. The lowest BCUT2D eigenvalue weighted by Gasteiger charge is -2.16. The van der Waals surface area contributed by atoms with Gasteiger partial charge in [-0.3, -0.25) is 9.59 Å². The standard InChI is InChI=1S/C19H31NO5S4/c1-13(19(24)25-16(10-21)11-22)17(23)18-14(5-9-27-18)4-3-7-28-29-12-15(20)6-8-26-2/h5,9,13,15-16,21-22H,3-4,6-8,10-12,20H2,1-2H3. The van der Waals surface area contributed by atoms with Crippen molar-refractivity contribution in [2.75, 3.05) is 36.7 Å². The first kappa shape index (κ1) is 26.8. The molecule has 0 fully saturated rings. The quantitative estimate of drug-likeness (QED) is 0.108. The maximum atomic E-state index is 12.7. The Bertz CT molecular complexity index is 609. The maximum absolute atomic E-state index is 12.7. The summed E-state index contributed by atoms with van der Waals surface area (Å²) in [5.41, 5.74) is 7.00. The van der Waals surface area contributed by atoms with E-state index in [1.54, 1.807) is 21.6 Å². The molecule has 0 aliphatic carbocycles. The van der Waals surface area contributed by atoms with Crippen molar-refractivity contribution in [1.29, 1.82) is 0 Å². The Morgan fingerprint density at radius 2 is 1.97 bits per heavy atom. The van der Waals surface area contributed by atoms with Gasteiger partial charge in [0.25, 0.3) is 0 Å². The third kappa shape index (κ3) is 10.1.